The van der Waals surface area contributed by atoms with Crippen molar-refractivity contribution in [2.45, 2.75) is 25.3 Å². The summed E-state index contributed by atoms with van der Waals surface area (Å²) >= 11 is 0. The van der Waals surface area contributed by atoms with Gasteiger partial charge in [-0.15, -0.1) is 0 Å². The highest BCUT2D eigenvalue weighted by molar-refractivity contribution is 5.82. The second kappa shape index (κ2) is 5.12. The minimum atomic E-state index is -0.541. The molecule has 86 valence electrons. The van der Waals surface area contributed by atoms with Crippen molar-refractivity contribution in [2.24, 2.45) is 11.7 Å². The van der Waals surface area contributed by atoms with E-state index in [2.05, 4.69) is 5.32 Å². The summed E-state index contributed by atoms with van der Waals surface area (Å²) in [6.45, 7) is 0.754. The van der Waals surface area contributed by atoms with Gasteiger partial charge in [0.15, 0.2) is 0 Å². The van der Waals surface area contributed by atoms with Crippen LogP contribution in [0, 0.1) is 5.92 Å². The molecule has 2 rings (SSSR count). The average Bonchev–Trinajstić information content (AvgIpc) is 3.13. The summed E-state index contributed by atoms with van der Waals surface area (Å²) in [5.74, 6) is 0.764. The fourth-order valence-corrected chi connectivity index (χ4v) is 1.73. The number of hydrogen-bond donors (Lipinski definition) is 2. The Bertz CT molecular complexity index is 346. The second-order valence-corrected chi connectivity index (χ2v) is 4.41. The van der Waals surface area contributed by atoms with Crippen LogP contribution in [0.15, 0.2) is 30.3 Å². The summed E-state index contributed by atoms with van der Waals surface area (Å²) in [6, 6.07) is 8.93. The molecule has 0 bridgehead atoms. The van der Waals surface area contributed by atoms with E-state index in [1.807, 2.05) is 30.3 Å². The molecule has 0 unspecified atom stereocenters. The predicted octanol–water partition coefficient (Wildman–Crippen LogP) is 1.60. The zero-order valence-corrected chi connectivity index (χ0v) is 9.36. The van der Waals surface area contributed by atoms with E-state index in [1.165, 1.54) is 12.8 Å². The molecule has 1 saturated carbocycles. The molecule has 0 heterocycles. The van der Waals surface area contributed by atoms with Gasteiger partial charge in [0.2, 0.25) is 5.91 Å². The third kappa shape index (κ3) is 3.07. The maximum atomic E-state index is 11.7. The van der Waals surface area contributed by atoms with Crippen molar-refractivity contribution >= 4 is 5.91 Å². The van der Waals surface area contributed by atoms with E-state index in [4.69, 9.17) is 5.73 Å². The molecule has 0 aliphatic heterocycles. The Morgan fingerprint density at radius 3 is 2.69 bits per heavy atom. The molecule has 1 fully saturated rings. The first-order valence-electron chi connectivity index (χ1n) is 5.85. The number of carbonyl (C=O) groups excluding carboxylic acids is 1. The SMILES string of the molecule is N[C@@H](C(=O)NCCC1CC1)c1ccccc1. The number of benzene rings is 1. The highest BCUT2D eigenvalue weighted by Gasteiger charge is 2.21. The lowest BCUT2D eigenvalue weighted by atomic mass is 10.1. The molecular formula is C13H18N2O. The molecule has 3 nitrogen and oxygen atoms in total. The van der Waals surface area contributed by atoms with Crippen molar-refractivity contribution in [3.8, 4) is 0 Å². The smallest absolute Gasteiger partial charge is 0.241 e. The van der Waals surface area contributed by atoms with Gasteiger partial charge in [-0.1, -0.05) is 43.2 Å². The van der Waals surface area contributed by atoms with Crippen LogP contribution in [0.25, 0.3) is 0 Å². The van der Waals surface area contributed by atoms with Crippen molar-refractivity contribution in [3.05, 3.63) is 35.9 Å². The topological polar surface area (TPSA) is 55.1 Å². The average molecular weight is 218 g/mol. The molecule has 1 atom stereocenters. The Kier molecular flexibility index (Phi) is 3.57. The van der Waals surface area contributed by atoms with Crippen molar-refractivity contribution < 1.29 is 4.79 Å². The molecule has 1 aliphatic rings. The highest BCUT2D eigenvalue weighted by Crippen LogP contribution is 2.31. The third-order valence-electron chi connectivity index (χ3n) is 2.99. The van der Waals surface area contributed by atoms with E-state index < -0.39 is 6.04 Å². The monoisotopic (exact) mass is 218 g/mol. The molecule has 1 aliphatic carbocycles. The molecule has 3 N–H and O–H groups in total. The van der Waals surface area contributed by atoms with Crippen LogP contribution in [0.2, 0.25) is 0 Å². The number of nitrogens with one attached hydrogen (secondary N) is 1. The van der Waals surface area contributed by atoms with Crippen molar-refractivity contribution in [1.82, 2.24) is 5.32 Å². The van der Waals surface area contributed by atoms with Crippen LogP contribution in [-0.2, 0) is 4.79 Å². The third-order valence-corrected chi connectivity index (χ3v) is 2.99. The van der Waals surface area contributed by atoms with Crippen molar-refractivity contribution in [1.29, 1.82) is 0 Å². The van der Waals surface area contributed by atoms with Crippen molar-refractivity contribution in [3.63, 3.8) is 0 Å². The number of rotatable bonds is 5. The van der Waals surface area contributed by atoms with E-state index in [0.717, 1.165) is 24.4 Å². The van der Waals surface area contributed by atoms with Crippen LogP contribution in [-0.4, -0.2) is 12.5 Å². The van der Waals surface area contributed by atoms with Gasteiger partial charge in [0.25, 0.3) is 0 Å². The summed E-state index contributed by atoms with van der Waals surface area (Å²) in [5.41, 5.74) is 6.73. The van der Waals surface area contributed by atoms with Gasteiger partial charge in [-0.05, 0) is 17.9 Å². The molecule has 0 radical (unpaired) electrons. The molecule has 1 aromatic rings. The van der Waals surface area contributed by atoms with Crippen LogP contribution in [0.4, 0.5) is 0 Å². The van der Waals surface area contributed by atoms with E-state index in [1.54, 1.807) is 0 Å². The van der Waals surface area contributed by atoms with Gasteiger partial charge in [-0.3, -0.25) is 4.79 Å². The first-order chi connectivity index (χ1) is 7.77. The lowest BCUT2D eigenvalue weighted by molar-refractivity contribution is -0.122. The molecule has 3 heteroatoms. The molecule has 1 aromatic carbocycles. The van der Waals surface area contributed by atoms with Gasteiger partial charge in [0, 0.05) is 6.54 Å². The van der Waals surface area contributed by atoms with Crippen LogP contribution < -0.4 is 11.1 Å². The highest BCUT2D eigenvalue weighted by atomic mass is 16.2. The van der Waals surface area contributed by atoms with Crippen LogP contribution in [0.3, 0.4) is 0 Å². The quantitative estimate of drug-likeness (QED) is 0.788. The molecule has 0 spiro atoms. The fourth-order valence-electron chi connectivity index (χ4n) is 1.73. The van der Waals surface area contributed by atoms with Gasteiger partial charge < -0.3 is 11.1 Å². The van der Waals surface area contributed by atoms with Crippen LogP contribution >= 0.6 is 0 Å². The molecule has 0 aromatic heterocycles. The van der Waals surface area contributed by atoms with E-state index >= 15 is 0 Å². The summed E-state index contributed by atoms with van der Waals surface area (Å²) in [6.07, 6.45) is 3.73. The Labute approximate surface area is 96.0 Å². The first-order valence-corrected chi connectivity index (χ1v) is 5.85. The lowest BCUT2D eigenvalue weighted by Crippen LogP contribution is -2.34. The van der Waals surface area contributed by atoms with Gasteiger partial charge in [-0.2, -0.15) is 0 Å². The molecule has 16 heavy (non-hydrogen) atoms. The standard InChI is InChI=1S/C13H18N2O/c14-12(11-4-2-1-3-5-11)13(16)15-9-8-10-6-7-10/h1-5,10,12H,6-9,14H2,(H,15,16)/t12-/m1/s1. The number of nitrogens with two attached hydrogens (primary N) is 1. The van der Waals surface area contributed by atoms with Gasteiger partial charge >= 0.3 is 0 Å². The zero-order valence-electron chi connectivity index (χ0n) is 9.36. The van der Waals surface area contributed by atoms with E-state index in [9.17, 15) is 4.79 Å². The largest absolute Gasteiger partial charge is 0.354 e. The molecule has 0 saturated heterocycles. The fraction of sp³-hybridized carbons (Fsp3) is 0.462. The minimum absolute atomic E-state index is 0.0770. The van der Waals surface area contributed by atoms with Gasteiger partial charge in [0.1, 0.15) is 6.04 Å². The van der Waals surface area contributed by atoms with Crippen molar-refractivity contribution in [2.75, 3.05) is 6.54 Å². The molecule has 1 amide bonds. The predicted molar refractivity (Wildman–Crippen MR) is 63.7 cm³/mol. The lowest BCUT2D eigenvalue weighted by Gasteiger charge is -2.12. The van der Waals surface area contributed by atoms with Crippen LogP contribution in [0.1, 0.15) is 30.9 Å². The Hall–Kier alpha value is -1.35. The van der Waals surface area contributed by atoms with E-state index in [0.29, 0.717) is 0 Å². The Balaban J connectivity index is 1.79. The summed E-state index contributed by atoms with van der Waals surface area (Å²) < 4.78 is 0. The second-order valence-electron chi connectivity index (χ2n) is 4.41. The van der Waals surface area contributed by atoms with Gasteiger partial charge in [-0.25, -0.2) is 0 Å². The maximum absolute atomic E-state index is 11.7. The zero-order chi connectivity index (χ0) is 11.4. The molecular weight excluding hydrogens is 200 g/mol. The number of carbonyl (C=O) groups is 1. The van der Waals surface area contributed by atoms with E-state index in [-0.39, 0.29) is 5.91 Å². The normalized spacial score (nSPS) is 16.8. The minimum Gasteiger partial charge on any atom is -0.354 e. The Morgan fingerprint density at radius 1 is 1.38 bits per heavy atom. The number of hydrogen-bond acceptors (Lipinski definition) is 2. The van der Waals surface area contributed by atoms with Crippen LogP contribution in [0.5, 0.6) is 0 Å². The first kappa shape index (κ1) is 11.1. The van der Waals surface area contributed by atoms with Gasteiger partial charge in [0.05, 0.1) is 0 Å². The summed E-state index contributed by atoms with van der Waals surface area (Å²) in [7, 11) is 0. The maximum Gasteiger partial charge on any atom is 0.241 e. The number of amides is 1. The Morgan fingerprint density at radius 2 is 2.06 bits per heavy atom. The summed E-state index contributed by atoms with van der Waals surface area (Å²) in [5, 5.41) is 2.89. The summed E-state index contributed by atoms with van der Waals surface area (Å²) in [4.78, 5) is 11.7.